The Labute approximate surface area is 174 Å². The topological polar surface area (TPSA) is 65.6 Å². The quantitative estimate of drug-likeness (QED) is 0.371. The molecule has 1 aliphatic rings. The summed E-state index contributed by atoms with van der Waals surface area (Å²) in [5, 5.41) is 0.565. The number of rotatable bonds is 7. The second kappa shape index (κ2) is 9.86. The molecule has 2 aromatic rings. The Morgan fingerprint density at radius 2 is 2.11 bits per heavy atom. The van der Waals surface area contributed by atoms with Crippen molar-refractivity contribution in [1.82, 2.24) is 9.36 Å². The molecule has 0 radical (unpaired) electrons. The van der Waals surface area contributed by atoms with Gasteiger partial charge in [0.25, 0.3) is 0 Å². The van der Waals surface area contributed by atoms with Crippen LogP contribution in [0, 0.1) is 0 Å². The Bertz CT molecular complexity index is 935. The van der Waals surface area contributed by atoms with Crippen LogP contribution in [0.2, 0.25) is 5.02 Å². The van der Waals surface area contributed by atoms with E-state index in [1.165, 1.54) is 11.8 Å². The van der Waals surface area contributed by atoms with Crippen molar-refractivity contribution in [3.05, 3.63) is 37.7 Å². The van der Waals surface area contributed by atoms with Crippen molar-refractivity contribution in [3.8, 4) is 0 Å². The zero-order chi connectivity index (χ0) is 19.2. The van der Waals surface area contributed by atoms with E-state index in [4.69, 9.17) is 16.3 Å². The molecule has 3 rings (SSSR count). The van der Waals surface area contributed by atoms with Crippen molar-refractivity contribution in [2.24, 2.45) is 4.99 Å². The summed E-state index contributed by atoms with van der Waals surface area (Å²) in [4.78, 5) is 30.0. The molecule has 0 bridgehead atoms. The van der Waals surface area contributed by atoms with Gasteiger partial charge in [-0.05, 0) is 48.6 Å². The van der Waals surface area contributed by atoms with E-state index in [0.717, 1.165) is 47.9 Å². The number of carbonyl (C=O) groups is 1. The number of aromatic nitrogens is 2. The van der Waals surface area contributed by atoms with Gasteiger partial charge in [0.15, 0.2) is 0 Å². The summed E-state index contributed by atoms with van der Waals surface area (Å²) >= 11 is 10.4. The Morgan fingerprint density at radius 3 is 2.89 bits per heavy atom. The molecular formula is C17H20ClN3O3S3. The molecule has 2 heterocycles. The van der Waals surface area contributed by atoms with E-state index in [-0.39, 0.29) is 16.6 Å². The second-order valence-electron chi connectivity index (χ2n) is 5.83. The van der Waals surface area contributed by atoms with Crippen LogP contribution in [-0.2, 0) is 22.6 Å². The smallest absolute Gasteiger partial charge is 0.325 e. The van der Waals surface area contributed by atoms with E-state index in [9.17, 15) is 9.59 Å². The summed E-state index contributed by atoms with van der Waals surface area (Å²) in [6, 6.07) is 5.42. The van der Waals surface area contributed by atoms with Crippen molar-refractivity contribution >= 4 is 58.1 Å². The van der Waals surface area contributed by atoms with Gasteiger partial charge < -0.3 is 4.74 Å². The van der Waals surface area contributed by atoms with E-state index in [1.54, 1.807) is 22.5 Å². The third-order valence-corrected chi connectivity index (χ3v) is 6.84. The Balaban J connectivity index is 1.76. The van der Waals surface area contributed by atoms with Gasteiger partial charge in [-0.15, -0.1) is 11.8 Å². The maximum Gasteiger partial charge on any atom is 0.325 e. The molecule has 27 heavy (non-hydrogen) atoms. The van der Waals surface area contributed by atoms with Crippen molar-refractivity contribution in [2.75, 3.05) is 24.4 Å². The summed E-state index contributed by atoms with van der Waals surface area (Å²) in [5.41, 5.74) is 0.709. The minimum atomic E-state index is -0.261. The fraction of sp³-hybridized carbons (Fsp3) is 0.471. The Hall–Kier alpha value is -1.16. The van der Waals surface area contributed by atoms with Crippen LogP contribution in [0.3, 0.4) is 0 Å². The zero-order valence-electron chi connectivity index (χ0n) is 14.9. The van der Waals surface area contributed by atoms with Crippen LogP contribution in [0.25, 0.3) is 0 Å². The van der Waals surface area contributed by atoms with Crippen molar-refractivity contribution in [2.45, 2.75) is 30.8 Å². The van der Waals surface area contributed by atoms with Gasteiger partial charge in [0.2, 0.25) is 4.80 Å². The molecule has 0 N–H and O–H groups in total. The first-order valence-electron chi connectivity index (χ1n) is 8.51. The largest absolute Gasteiger partial charge is 0.464 e. The fourth-order valence-electron chi connectivity index (χ4n) is 2.62. The number of fused-ring (bicyclic) bond motifs is 1. The minimum Gasteiger partial charge on any atom is -0.464 e. The van der Waals surface area contributed by atoms with Crippen molar-refractivity contribution in [3.63, 3.8) is 0 Å². The zero-order valence-corrected chi connectivity index (χ0v) is 18.1. The molecule has 1 aliphatic heterocycles. The van der Waals surface area contributed by atoms with Crippen LogP contribution in [0.1, 0.15) is 12.8 Å². The third-order valence-electron chi connectivity index (χ3n) is 3.93. The lowest BCUT2D eigenvalue weighted by Gasteiger charge is -2.15. The molecule has 1 aromatic heterocycles. The van der Waals surface area contributed by atoms with E-state index < -0.39 is 0 Å². The lowest BCUT2D eigenvalue weighted by molar-refractivity contribution is -0.139. The average Bonchev–Trinajstić information content (AvgIpc) is 2.98. The third kappa shape index (κ3) is 5.43. The lowest BCUT2D eigenvalue weighted by atomic mass is 10.3. The van der Waals surface area contributed by atoms with Crippen molar-refractivity contribution in [1.29, 1.82) is 0 Å². The fourth-order valence-corrected chi connectivity index (χ4v) is 4.81. The Morgan fingerprint density at radius 1 is 1.33 bits per heavy atom. The van der Waals surface area contributed by atoms with Crippen LogP contribution in [0.5, 0.6) is 0 Å². The monoisotopic (exact) mass is 445 g/mol. The van der Waals surface area contributed by atoms with Crippen LogP contribution in [0.4, 0.5) is 5.69 Å². The predicted molar refractivity (Wildman–Crippen MR) is 113 cm³/mol. The van der Waals surface area contributed by atoms with Crippen LogP contribution in [0.15, 0.2) is 32.9 Å². The molecule has 0 amide bonds. The summed E-state index contributed by atoms with van der Waals surface area (Å²) in [7, 11) is 0. The number of hydrogen-bond acceptors (Lipinski definition) is 7. The first-order valence-corrected chi connectivity index (χ1v) is 12.1. The molecule has 0 atom stereocenters. The second-order valence-corrected chi connectivity index (χ2v) is 9.16. The highest BCUT2D eigenvalue weighted by Crippen LogP contribution is 2.31. The molecule has 0 aliphatic carbocycles. The minimum absolute atomic E-state index is 0.0185. The van der Waals surface area contributed by atoms with Gasteiger partial charge in [-0.1, -0.05) is 11.6 Å². The Kier molecular flexibility index (Phi) is 7.51. The number of nitrogens with zero attached hydrogens (tertiary/aromatic N) is 3. The molecule has 0 saturated carbocycles. The molecule has 146 valence electrons. The molecule has 0 saturated heterocycles. The summed E-state index contributed by atoms with van der Waals surface area (Å²) < 4.78 is 8.85. The van der Waals surface area contributed by atoms with Gasteiger partial charge in [-0.3, -0.25) is 14.3 Å². The van der Waals surface area contributed by atoms with Gasteiger partial charge >= 0.3 is 10.8 Å². The summed E-state index contributed by atoms with van der Waals surface area (Å²) in [6.07, 6.45) is 4.03. The summed E-state index contributed by atoms with van der Waals surface area (Å²) in [5.74, 6) is 0.720. The highest BCUT2D eigenvalue weighted by atomic mass is 35.5. The predicted octanol–water partition coefficient (Wildman–Crippen LogP) is 3.39. The number of carbonyl (C=O) groups excluding carboxylic acids is 1. The number of benzene rings is 1. The maximum atomic E-state index is 12.1. The normalized spacial score (nSPS) is 14.2. The molecule has 0 unspecified atom stereocenters. The van der Waals surface area contributed by atoms with Crippen LogP contribution < -0.4 is 9.67 Å². The van der Waals surface area contributed by atoms with E-state index in [0.29, 0.717) is 22.1 Å². The van der Waals surface area contributed by atoms with Gasteiger partial charge in [0, 0.05) is 23.7 Å². The molecular weight excluding hydrogens is 426 g/mol. The number of hydrogen-bond donors (Lipinski definition) is 0. The number of halogens is 1. The highest BCUT2D eigenvalue weighted by Gasteiger charge is 2.13. The van der Waals surface area contributed by atoms with Gasteiger partial charge in [0.05, 0.1) is 16.5 Å². The standard InChI is InChI=1S/C17H20ClN3O3S3/c1-25-9-8-24-15(22)11-26-14-10-12(4-5-13(14)18)19-16-20-6-2-3-7-21(20)17(23)27-16/h4-5,10H,2-3,6-9,11H2,1H3. The first kappa shape index (κ1) is 20.6. The van der Waals surface area contributed by atoms with Gasteiger partial charge in [0.1, 0.15) is 6.61 Å². The highest BCUT2D eigenvalue weighted by molar-refractivity contribution is 8.00. The average molecular weight is 446 g/mol. The molecule has 0 fully saturated rings. The molecule has 10 heteroatoms. The first-order chi connectivity index (χ1) is 13.1. The SMILES string of the molecule is CSCCOC(=O)CSc1cc(N=c2sc(=O)n3n2CCCC3)ccc1Cl. The molecule has 0 spiro atoms. The van der Waals surface area contributed by atoms with Crippen LogP contribution >= 0.6 is 46.5 Å². The van der Waals surface area contributed by atoms with Gasteiger partial charge in [-0.2, -0.15) is 11.8 Å². The number of esters is 1. The number of thioether (sulfide) groups is 2. The number of ether oxygens (including phenoxy) is 1. The molecule has 6 nitrogen and oxygen atoms in total. The van der Waals surface area contributed by atoms with E-state index >= 15 is 0 Å². The van der Waals surface area contributed by atoms with Crippen LogP contribution in [-0.4, -0.2) is 39.7 Å². The molecule has 1 aromatic carbocycles. The lowest BCUT2D eigenvalue weighted by Crippen LogP contribution is -2.31. The van der Waals surface area contributed by atoms with E-state index in [1.807, 2.05) is 23.1 Å². The maximum absolute atomic E-state index is 12.1. The summed E-state index contributed by atoms with van der Waals surface area (Å²) in [6.45, 7) is 1.96. The van der Waals surface area contributed by atoms with Gasteiger partial charge in [-0.25, -0.2) is 9.67 Å². The van der Waals surface area contributed by atoms with E-state index in [2.05, 4.69) is 4.99 Å². The van der Waals surface area contributed by atoms with Crippen molar-refractivity contribution < 1.29 is 9.53 Å².